The number of para-hydroxylation sites is 2. The second-order valence-electron chi connectivity index (χ2n) is 10.9. The molecule has 186 valence electrons. The number of piperidine rings is 2. The molecule has 3 heterocycles. The van der Waals surface area contributed by atoms with Crippen molar-refractivity contribution in [1.29, 1.82) is 0 Å². The van der Waals surface area contributed by atoms with Gasteiger partial charge in [-0.3, -0.25) is 9.47 Å². The van der Waals surface area contributed by atoms with Gasteiger partial charge in [0, 0.05) is 24.7 Å². The van der Waals surface area contributed by atoms with Crippen molar-refractivity contribution in [1.82, 2.24) is 19.8 Å². The van der Waals surface area contributed by atoms with Gasteiger partial charge in [0.25, 0.3) is 6.01 Å². The van der Waals surface area contributed by atoms with Gasteiger partial charge in [0.1, 0.15) is 6.10 Å². The number of imidazole rings is 1. The fourth-order valence-electron chi connectivity index (χ4n) is 6.92. The summed E-state index contributed by atoms with van der Waals surface area (Å²) >= 11 is 0. The molecule has 1 aromatic heterocycles. The van der Waals surface area contributed by atoms with Crippen LogP contribution in [0.15, 0.2) is 54.6 Å². The van der Waals surface area contributed by atoms with E-state index in [2.05, 4.69) is 69.4 Å². The molecule has 0 bridgehead atoms. The summed E-state index contributed by atoms with van der Waals surface area (Å²) < 4.78 is 9.01. The molecule has 3 aromatic rings. The van der Waals surface area contributed by atoms with E-state index in [4.69, 9.17) is 9.72 Å². The van der Waals surface area contributed by atoms with Crippen molar-refractivity contribution in [3.63, 3.8) is 0 Å². The van der Waals surface area contributed by atoms with E-state index in [1.54, 1.807) is 0 Å². The maximum Gasteiger partial charge on any atom is 0.297 e. The molecule has 1 saturated carbocycles. The third-order valence-corrected chi connectivity index (χ3v) is 8.80. The summed E-state index contributed by atoms with van der Waals surface area (Å²) in [7, 11) is 0. The summed E-state index contributed by atoms with van der Waals surface area (Å²) in [6.45, 7) is 4.34. The van der Waals surface area contributed by atoms with Crippen LogP contribution in [-0.4, -0.2) is 46.7 Å². The van der Waals surface area contributed by atoms with E-state index in [-0.39, 0.29) is 11.6 Å². The third-order valence-electron chi connectivity index (χ3n) is 8.80. The lowest BCUT2D eigenvalue weighted by Crippen LogP contribution is -2.50. The van der Waals surface area contributed by atoms with E-state index in [9.17, 15) is 0 Å². The molecule has 35 heavy (non-hydrogen) atoms. The van der Waals surface area contributed by atoms with Crippen molar-refractivity contribution in [2.75, 3.05) is 26.2 Å². The van der Waals surface area contributed by atoms with Crippen LogP contribution in [0.25, 0.3) is 11.0 Å². The lowest BCUT2D eigenvalue weighted by molar-refractivity contribution is 0.0336. The topological polar surface area (TPSA) is 42.3 Å². The van der Waals surface area contributed by atoms with Gasteiger partial charge >= 0.3 is 0 Å². The van der Waals surface area contributed by atoms with Crippen LogP contribution in [0.4, 0.5) is 0 Å². The fraction of sp³-hybridized carbons (Fsp3) is 0.567. The number of rotatable bonds is 5. The quantitative estimate of drug-likeness (QED) is 0.459. The Morgan fingerprint density at radius 2 is 1.49 bits per heavy atom. The number of likely N-dealkylation sites (tertiary alicyclic amines) is 1. The van der Waals surface area contributed by atoms with Crippen LogP contribution in [0.5, 0.6) is 6.01 Å². The Morgan fingerprint density at radius 1 is 0.800 bits per heavy atom. The number of aromatic nitrogens is 2. The van der Waals surface area contributed by atoms with E-state index in [0.717, 1.165) is 63.4 Å². The molecular weight excluding hydrogens is 432 g/mol. The van der Waals surface area contributed by atoms with E-state index < -0.39 is 0 Å². The zero-order valence-corrected chi connectivity index (χ0v) is 21.0. The van der Waals surface area contributed by atoms with Crippen molar-refractivity contribution in [2.45, 2.75) is 81.9 Å². The van der Waals surface area contributed by atoms with Gasteiger partial charge in [-0.2, -0.15) is 4.98 Å². The normalized spacial score (nSPS) is 22.7. The molecule has 2 aliphatic heterocycles. The number of ether oxygens (including phenoxy) is 1. The zero-order valence-electron chi connectivity index (χ0n) is 21.0. The van der Waals surface area contributed by atoms with Crippen molar-refractivity contribution >= 4 is 11.0 Å². The second-order valence-corrected chi connectivity index (χ2v) is 10.9. The minimum Gasteiger partial charge on any atom is -0.461 e. The maximum absolute atomic E-state index is 6.57. The number of benzene rings is 2. The minimum atomic E-state index is 0.203. The lowest BCUT2D eigenvalue weighted by Gasteiger charge is -2.48. The number of fused-ring (bicyclic) bond motifs is 1. The fourth-order valence-corrected chi connectivity index (χ4v) is 6.92. The van der Waals surface area contributed by atoms with E-state index in [1.165, 1.54) is 49.6 Å². The Morgan fingerprint density at radius 3 is 2.23 bits per heavy atom. The molecule has 6 rings (SSSR count). The van der Waals surface area contributed by atoms with Crippen molar-refractivity contribution in [3.05, 3.63) is 60.2 Å². The molecule has 1 aliphatic carbocycles. The number of hydrogen-bond donors (Lipinski definition) is 1. The maximum atomic E-state index is 6.57. The predicted molar refractivity (Wildman–Crippen MR) is 142 cm³/mol. The van der Waals surface area contributed by atoms with Gasteiger partial charge in [-0.15, -0.1) is 0 Å². The smallest absolute Gasteiger partial charge is 0.297 e. The first-order chi connectivity index (χ1) is 17.3. The van der Waals surface area contributed by atoms with Crippen LogP contribution in [0, 0.1) is 0 Å². The molecule has 0 radical (unpaired) electrons. The number of nitrogens with one attached hydrogen (secondary N) is 1. The Kier molecular flexibility index (Phi) is 6.80. The van der Waals surface area contributed by atoms with Crippen LogP contribution >= 0.6 is 0 Å². The molecule has 0 atom stereocenters. The molecule has 5 nitrogen and oxygen atoms in total. The van der Waals surface area contributed by atoms with E-state index >= 15 is 0 Å². The highest BCUT2D eigenvalue weighted by molar-refractivity contribution is 5.76. The molecule has 3 fully saturated rings. The van der Waals surface area contributed by atoms with Gasteiger partial charge in [0.05, 0.1) is 11.0 Å². The van der Waals surface area contributed by atoms with Gasteiger partial charge in [-0.05, 0) is 69.3 Å². The Hall–Kier alpha value is -2.37. The predicted octanol–water partition coefficient (Wildman–Crippen LogP) is 6.05. The average Bonchev–Trinajstić information content (AvgIpc) is 3.09. The van der Waals surface area contributed by atoms with Gasteiger partial charge in [-0.25, -0.2) is 0 Å². The highest BCUT2D eigenvalue weighted by Gasteiger charge is 2.40. The van der Waals surface area contributed by atoms with Crippen LogP contribution < -0.4 is 10.1 Å². The molecule has 0 spiro atoms. The Bertz CT molecular complexity index is 1090. The summed E-state index contributed by atoms with van der Waals surface area (Å²) in [4.78, 5) is 7.82. The van der Waals surface area contributed by atoms with E-state index in [1.807, 2.05) is 0 Å². The first-order valence-electron chi connectivity index (χ1n) is 14.0. The Balaban J connectivity index is 1.26. The van der Waals surface area contributed by atoms with Crippen LogP contribution in [-0.2, 0) is 5.54 Å². The second kappa shape index (κ2) is 10.3. The zero-order chi connectivity index (χ0) is 23.5. The number of hydrogen-bond acceptors (Lipinski definition) is 4. The Labute approximate surface area is 209 Å². The third kappa shape index (κ3) is 4.61. The molecule has 2 aromatic carbocycles. The molecular formula is C30H40N4O. The summed E-state index contributed by atoms with van der Waals surface area (Å²) in [6, 6.07) is 21.2. The molecule has 0 amide bonds. The summed E-state index contributed by atoms with van der Waals surface area (Å²) in [5.41, 5.74) is 4.02. The van der Waals surface area contributed by atoms with Gasteiger partial charge in [0.2, 0.25) is 0 Å². The van der Waals surface area contributed by atoms with Crippen LogP contribution in [0.1, 0.15) is 75.8 Å². The average molecular weight is 473 g/mol. The largest absolute Gasteiger partial charge is 0.461 e. The van der Waals surface area contributed by atoms with Crippen LogP contribution in [0.3, 0.4) is 0 Å². The first-order valence-corrected chi connectivity index (χ1v) is 14.0. The SMILES string of the molecule is c1ccc(C2(N3CCC(n4c(OC5CCNCC5)nc5ccccc54)CC3)CCCCCC2)cc1. The highest BCUT2D eigenvalue weighted by Crippen LogP contribution is 2.44. The van der Waals surface area contributed by atoms with E-state index in [0.29, 0.717) is 6.04 Å². The van der Waals surface area contributed by atoms with Crippen molar-refractivity contribution in [3.8, 4) is 6.01 Å². The molecule has 1 N–H and O–H groups in total. The standard InChI is InChI=1S/C30H40N4O/c1-2-9-19-30(18-8-1,24-10-4-3-5-11-24)33-22-16-25(17-23-33)34-28-13-7-6-12-27(28)32-29(34)35-26-14-20-31-21-15-26/h3-7,10-13,25-26,31H,1-2,8-9,14-23H2. The van der Waals surface area contributed by atoms with Gasteiger partial charge in [-0.1, -0.05) is 68.1 Å². The van der Waals surface area contributed by atoms with Gasteiger partial charge < -0.3 is 10.1 Å². The van der Waals surface area contributed by atoms with Crippen molar-refractivity contribution < 1.29 is 4.74 Å². The minimum absolute atomic E-state index is 0.203. The monoisotopic (exact) mass is 472 g/mol. The molecule has 0 unspecified atom stereocenters. The highest BCUT2D eigenvalue weighted by atomic mass is 16.5. The van der Waals surface area contributed by atoms with Gasteiger partial charge in [0.15, 0.2) is 0 Å². The summed E-state index contributed by atoms with van der Waals surface area (Å²) in [5, 5.41) is 3.45. The number of nitrogens with zero attached hydrogens (tertiary/aromatic N) is 3. The van der Waals surface area contributed by atoms with Crippen LogP contribution in [0.2, 0.25) is 0 Å². The summed E-state index contributed by atoms with van der Waals surface area (Å²) in [6.07, 6.45) is 12.7. The lowest BCUT2D eigenvalue weighted by atomic mass is 9.79. The first kappa shape index (κ1) is 23.1. The van der Waals surface area contributed by atoms with Crippen molar-refractivity contribution in [2.24, 2.45) is 0 Å². The molecule has 5 heteroatoms. The molecule has 2 saturated heterocycles. The summed E-state index contributed by atoms with van der Waals surface area (Å²) in [5.74, 6) is 0. The molecule has 3 aliphatic rings.